The lowest BCUT2D eigenvalue weighted by Gasteiger charge is -2.17. The van der Waals surface area contributed by atoms with Crippen LogP contribution in [0.25, 0.3) is 6.08 Å². The molecule has 10 heteroatoms. The van der Waals surface area contributed by atoms with Gasteiger partial charge in [-0.05, 0) is 6.07 Å². The maximum atomic E-state index is 11.8. The number of ketones is 1. The Bertz CT molecular complexity index is 850. The number of anilines is 1. The van der Waals surface area contributed by atoms with Gasteiger partial charge >= 0.3 is 0 Å². The van der Waals surface area contributed by atoms with Crippen molar-refractivity contribution < 1.29 is 30.7 Å². The Kier molecular flexibility index (Phi) is 3.21. The fourth-order valence-corrected chi connectivity index (χ4v) is 3.38. The third-order valence-electron chi connectivity index (χ3n) is 2.75. The maximum absolute atomic E-state index is 11.8. The van der Waals surface area contributed by atoms with Gasteiger partial charge in [-0.2, -0.15) is 16.8 Å². The van der Waals surface area contributed by atoms with Crippen LogP contribution in [0.1, 0.15) is 22.3 Å². The van der Waals surface area contributed by atoms with Crippen molar-refractivity contribution in [2.45, 2.75) is 16.2 Å². The molecule has 0 saturated carbocycles. The summed E-state index contributed by atoms with van der Waals surface area (Å²) >= 11 is 0. The van der Waals surface area contributed by atoms with Crippen molar-refractivity contribution in [3.63, 3.8) is 0 Å². The van der Waals surface area contributed by atoms with Crippen LogP contribution in [0.2, 0.25) is 0 Å². The van der Waals surface area contributed by atoms with Crippen molar-refractivity contribution in [3.8, 4) is 0 Å². The van der Waals surface area contributed by atoms with Gasteiger partial charge in [0.25, 0.3) is 20.2 Å². The lowest BCUT2D eigenvalue weighted by molar-refractivity contribution is 0.0995. The van der Waals surface area contributed by atoms with Gasteiger partial charge in [-0.1, -0.05) is 12.2 Å². The molecular weight excluding hydrogens is 310 g/mol. The molecule has 0 bridgehead atoms. The number of hydrogen-bond donors (Lipinski definition) is 3. The molecule has 8 nitrogen and oxygen atoms in total. The standard InChI is InChI=1S/C10H9NO7S2/c11-10-8(20(16,17)18)4-7(19(13,14)15)5-2-1-3-6(12)9(5)10/h1-2,4H,3,11H2,(H,13,14,15)(H,16,17,18). The molecule has 1 aliphatic rings. The lowest BCUT2D eigenvalue weighted by atomic mass is 9.94. The molecule has 1 aromatic carbocycles. The summed E-state index contributed by atoms with van der Waals surface area (Å²) in [5, 5.41) is 0. The molecule has 0 saturated heterocycles. The van der Waals surface area contributed by atoms with E-state index in [1.807, 2.05) is 0 Å². The van der Waals surface area contributed by atoms with E-state index in [1.165, 1.54) is 12.2 Å². The van der Waals surface area contributed by atoms with E-state index < -0.39 is 41.5 Å². The van der Waals surface area contributed by atoms with Crippen molar-refractivity contribution in [1.82, 2.24) is 0 Å². The monoisotopic (exact) mass is 319 g/mol. The molecule has 1 aromatic rings. The largest absolute Gasteiger partial charge is 0.397 e. The Balaban J connectivity index is 3.04. The van der Waals surface area contributed by atoms with E-state index >= 15 is 0 Å². The van der Waals surface area contributed by atoms with Crippen LogP contribution in [0.3, 0.4) is 0 Å². The second-order valence-corrected chi connectivity index (χ2v) is 6.83. The number of fused-ring (bicyclic) bond motifs is 1. The first-order valence-electron chi connectivity index (χ1n) is 5.14. The molecule has 2 rings (SSSR count). The van der Waals surface area contributed by atoms with Gasteiger partial charge in [-0.3, -0.25) is 13.9 Å². The highest BCUT2D eigenvalue weighted by molar-refractivity contribution is 7.86. The number of carbonyl (C=O) groups is 1. The minimum Gasteiger partial charge on any atom is -0.397 e. The number of Topliss-reactive ketones (excluding diaryl/α,β-unsaturated/α-hetero) is 1. The zero-order valence-corrected chi connectivity index (χ0v) is 11.4. The Morgan fingerprint density at radius 1 is 1.05 bits per heavy atom. The molecule has 1 aliphatic carbocycles. The van der Waals surface area contributed by atoms with Crippen LogP contribution in [-0.2, 0) is 20.2 Å². The van der Waals surface area contributed by atoms with Gasteiger partial charge in [0.15, 0.2) is 5.78 Å². The zero-order valence-electron chi connectivity index (χ0n) is 9.77. The van der Waals surface area contributed by atoms with Crippen molar-refractivity contribution in [1.29, 1.82) is 0 Å². The topological polar surface area (TPSA) is 152 Å². The van der Waals surface area contributed by atoms with Crippen LogP contribution < -0.4 is 5.73 Å². The van der Waals surface area contributed by atoms with Crippen LogP contribution in [0.4, 0.5) is 5.69 Å². The molecule has 0 radical (unpaired) electrons. The van der Waals surface area contributed by atoms with E-state index in [-0.39, 0.29) is 17.5 Å². The molecule has 0 fully saturated rings. The van der Waals surface area contributed by atoms with Crippen molar-refractivity contribution >= 4 is 37.8 Å². The molecule has 0 unspecified atom stereocenters. The summed E-state index contributed by atoms with van der Waals surface area (Å²) in [4.78, 5) is 10.0. The average Bonchev–Trinajstić information content (AvgIpc) is 2.25. The summed E-state index contributed by atoms with van der Waals surface area (Å²) < 4.78 is 63.1. The van der Waals surface area contributed by atoms with Crippen LogP contribution in [-0.4, -0.2) is 31.7 Å². The van der Waals surface area contributed by atoms with E-state index in [1.54, 1.807) is 0 Å². The molecular formula is C10H9NO7S2. The summed E-state index contributed by atoms with van der Waals surface area (Å²) in [6, 6.07) is 0.516. The number of nitrogens with two attached hydrogens (primary N) is 1. The Morgan fingerprint density at radius 2 is 1.60 bits per heavy atom. The number of allylic oxidation sites excluding steroid dienone is 1. The molecule has 0 aliphatic heterocycles. The summed E-state index contributed by atoms with van der Waals surface area (Å²) in [5.74, 6) is -0.615. The SMILES string of the molecule is Nc1c(S(=O)(=O)O)cc(S(=O)(=O)O)c2c1C(=O)CC=C2. The number of benzene rings is 1. The lowest BCUT2D eigenvalue weighted by Crippen LogP contribution is -2.17. The van der Waals surface area contributed by atoms with Gasteiger partial charge in [0, 0.05) is 12.0 Å². The van der Waals surface area contributed by atoms with Crippen LogP contribution in [0, 0.1) is 0 Å². The normalized spacial score (nSPS) is 15.2. The smallest absolute Gasteiger partial charge is 0.296 e. The first-order valence-corrected chi connectivity index (χ1v) is 8.02. The van der Waals surface area contributed by atoms with Gasteiger partial charge in [0.05, 0.1) is 11.3 Å². The number of nitrogen functional groups attached to an aromatic ring is 1. The zero-order chi connectivity index (χ0) is 15.3. The molecule has 108 valence electrons. The Labute approximate surface area is 114 Å². The van der Waals surface area contributed by atoms with Crippen molar-refractivity contribution in [2.75, 3.05) is 5.73 Å². The maximum Gasteiger partial charge on any atom is 0.296 e. The fraction of sp³-hybridized carbons (Fsp3) is 0.100. The minimum absolute atomic E-state index is 0.100. The third-order valence-corrected chi connectivity index (χ3v) is 4.54. The predicted octanol–water partition coefficient (Wildman–Crippen LogP) is 0.362. The van der Waals surface area contributed by atoms with E-state index in [0.717, 1.165) is 0 Å². The van der Waals surface area contributed by atoms with Crippen LogP contribution in [0.15, 0.2) is 21.9 Å². The molecule has 0 heterocycles. The summed E-state index contributed by atoms with van der Waals surface area (Å²) in [6.45, 7) is 0. The van der Waals surface area contributed by atoms with E-state index in [0.29, 0.717) is 6.07 Å². The number of carbonyl (C=O) groups excluding carboxylic acids is 1. The highest BCUT2D eigenvalue weighted by Crippen LogP contribution is 2.35. The molecule has 0 amide bonds. The number of rotatable bonds is 2. The van der Waals surface area contributed by atoms with E-state index in [4.69, 9.17) is 14.8 Å². The molecule has 0 atom stereocenters. The second-order valence-electron chi connectivity index (χ2n) is 4.05. The molecule has 20 heavy (non-hydrogen) atoms. The summed E-state index contributed by atoms with van der Waals surface area (Å²) in [6.07, 6.45) is 2.49. The van der Waals surface area contributed by atoms with Gasteiger partial charge < -0.3 is 5.73 Å². The molecule has 4 N–H and O–H groups in total. The van der Waals surface area contributed by atoms with Gasteiger partial charge in [-0.25, -0.2) is 0 Å². The highest BCUT2D eigenvalue weighted by Gasteiger charge is 2.30. The molecule has 0 spiro atoms. The first-order chi connectivity index (χ1) is 9.03. The van der Waals surface area contributed by atoms with E-state index in [9.17, 15) is 21.6 Å². The predicted molar refractivity (Wildman–Crippen MR) is 68.5 cm³/mol. The summed E-state index contributed by atoms with van der Waals surface area (Å²) in [7, 11) is -9.65. The third kappa shape index (κ3) is 2.33. The summed E-state index contributed by atoms with van der Waals surface area (Å²) in [5.41, 5.74) is 4.42. The highest BCUT2D eigenvalue weighted by atomic mass is 32.2. The minimum atomic E-state index is -4.85. The second kappa shape index (κ2) is 4.38. The van der Waals surface area contributed by atoms with Gasteiger partial charge in [-0.15, -0.1) is 0 Å². The average molecular weight is 319 g/mol. The van der Waals surface area contributed by atoms with E-state index in [2.05, 4.69) is 0 Å². The van der Waals surface area contributed by atoms with Crippen molar-refractivity contribution in [3.05, 3.63) is 23.3 Å². The van der Waals surface area contributed by atoms with Crippen LogP contribution >= 0.6 is 0 Å². The van der Waals surface area contributed by atoms with Gasteiger partial charge in [0.2, 0.25) is 0 Å². The quantitative estimate of drug-likeness (QED) is 0.522. The Morgan fingerprint density at radius 3 is 2.10 bits per heavy atom. The first kappa shape index (κ1) is 14.7. The Hall–Kier alpha value is -1.75. The fourth-order valence-electron chi connectivity index (χ4n) is 1.94. The molecule has 0 aromatic heterocycles. The van der Waals surface area contributed by atoms with Crippen molar-refractivity contribution in [2.24, 2.45) is 0 Å². The van der Waals surface area contributed by atoms with Gasteiger partial charge in [0.1, 0.15) is 9.79 Å². The number of hydrogen-bond acceptors (Lipinski definition) is 6. The van der Waals surface area contributed by atoms with Crippen LogP contribution in [0.5, 0.6) is 0 Å².